The van der Waals surface area contributed by atoms with Gasteiger partial charge < -0.3 is 0 Å². The Labute approximate surface area is 141 Å². The van der Waals surface area contributed by atoms with Crippen LogP contribution in [0.25, 0.3) is 31.3 Å². The lowest BCUT2D eigenvalue weighted by Gasteiger charge is -2.06. The quantitative estimate of drug-likeness (QED) is 0.356. The maximum Gasteiger partial charge on any atom is 0.0387 e. The van der Waals surface area contributed by atoms with Crippen molar-refractivity contribution in [1.29, 1.82) is 0 Å². The fourth-order valence-electron chi connectivity index (χ4n) is 3.25. The van der Waals surface area contributed by atoms with Gasteiger partial charge in [0.1, 0.15) is 0 Å². The number of thiophene rings is 1. The topological polar surface area (TPSA) is 0 Å². The van der Waals surface area contributed by atoms with Gasteiger partial charge in [0.2, 0.25) is 0 Å². The highest BCUT2D eigenvalue weighted by atomic mass is 32.1. The average Bonchev–Trinajstić information content (AvgIpc) is 2.91. The van der Waals surface area contributed by atoms with Crippen LogP contribution in [0.1, 0.15) is 22.3 Å². The molecule has 1 heterocycles. The standard InChI is InChI=1S/C22H20S/c1-13-5-7-17(8-6-13)18-9-10-19-20-11-14(2)15(3)16(4)22(20)23-21(19)12-18/h5-12H,1-4H3. The molecule has 0 nitrogen and oxygen atoms in total. The van der Waals surface area contributed by atoms with Crippen LogP contribution in [0.2, 0.25) is 0 Å². The van der Waals surface area contributed by atoms with Crippen molar-refractivity contribution in [3.05, 3.63) is 70.8 Å². The Morgan fingerprint density at radius 1 is 0.652 bits per heavy atom. The van der Waals surface area contributed by atoms with E-state index < -0.39 is 0 Å². The van der Waals surface area contributed by atoms with Gasteiger partial charge in [-0.2, -0.15) is 0 Å². The van der Waals surface area contributed by atoms with Gasteiger partial charge in [-0.3, -0.25) is 0 Å². The van der Waals surface area contributed by atoms with E-state index in [9.17, 15) is 0 Å². The van der Waals surface area contributed by atoms with Crippen molar-refractivity contribution in [3.8, 4) is 11.1 Å². The first-order valence-corrected chi connectivity index (χ1v) is 8.86. The molecule has 0 N–H and O–H groups in total. The normalized spacial score (nSPS) is 11.5. The molecular weight excluding hydrogens is 296 g/mol. The molecule has 0 radical (unpaired) electrons. The van der Waals surface area contributed by atoms with Crippen LogP contribution in [-0.2, 0) is 0 Å². The van der Waals surface area contributed by atoms with Gasteiger partial charge in [-0.15, -0.1) is 11.3 Å². The Kier molecular flexibility index (Phi) is 3.28. The maximum absolute atomic E-state index is 2.35. The average molecular weight is 316 g/mol. The first kappa shape index (κ1) is 14.5. The fourth-order valence-corrected chi connectivity index (χ4v) is 4.53. The van der Waals surface area contributed by atoms with Gasteiger partial charge in [-0.1, -0.05) is 42.0 Å². The minimum absolute atomic E-state index is 1.29. The van der Waals surface area contributed by atoms with Gasteiger partial charge in [0.05, 0.1) is 0 Å². The number of hydrogen-bond acceptors (Lipinski definition) is 1. The molecule has 114 valence electrons. The van der Waals surface area contributed by atoms with Crippen molar-refractivity contribution in [2.24, 2.45) is 0 Å². The Balaban J connectivity index is 1.98. The van der Waals surface area contributed by atoms with Gasteiger partial charge in [-0.25, -0.2) is 0 Å². The van der Waals surface area contributed by atoms with Crippen molar-refractivity contribution >= 4 is 31.5 Å². The largest absolute Gasteiger partial charge is 0.135 e. The summed E-state index contributed by atoms with van der Waals surface area (Å²) in [6.45, 7) is 8.82. The number of rotatable bonds is 1. The van der Waals surface area contributed by atoms with Gasteiger partial charge >= 0.3 is 0 Å². The summed E-state index contributed by atoms with van der Waals surface area (Å²) >= 11 is 1.92. The van der Waals surface area contributed by atoms with Crippen LogP contribution >= 0.6 is 11.3 Å². The second-order valence-electron chi connectivity index (χ2n) is 6.50. The Hall–Kier alpha value is -2.12. The van der Waals surface area contributed by atoms with Crippen molar-refractivity contribution in [2.75, 3.05) is 0 Å². The van der Waals surface area contributed by atoms with Crippen LogP contribution in [-0.4, -0.2) is 0 Å². The lowest BCUT2D eigenvalue weighted by molar-refractivity contribution is 1.31. The summed E-state index contributed by atoms with van der Waals surface area (Å²) in [5.74, 6) is 0. The molecule has 4 rings (SSSR count). The third kappa shape index (κ3) is 2.27. The van der Waals surface area contributed by atoms with E-state index in [4.69, 9.17) is 0 Å². The number of aryl methyl sites for hydroxylation is 3. The van der Waals surface area contributed by atoms with E-state index in [0.29, 0.717) is 0 Å². The van der Waals surface area contributed by atoms with E-state index >= 15 is 0 Å². The van der Waals surface area contributed by atoms with Crippen LogP contribution in [0.5, 0.6) is 0 Å². The predicted octanol–water partition coefficient (Wildman–Crippen LogP) is 6.96. The third-order valence-corrected chi connectivity index (χ3v) is 6.26. The van der Waals surface area contributed by atoms with E-state index in [2.05, 4.69) is 76.2 Å². The molecule has 0 amide bonds. The number of hydrogen-bond donors (Lipinski definition) is 0. The highest BCUT2D eigenvalue weighted by Crippen LogP contribution is 2.39. The highest BCUT2D eigenvalue weighted by Gasteiger charge is 2.11. The summed E-state index contributed by atoms with van der Waals surface area (Å²) < 4.78 is 2.82. The van der Waals surface area contributed by atoms with E-state index in [1.807, 2.05) is 11.3 Å². The zero-order chi connectivity index (χ0) is 16.1. The van der Waals surface area contributed by atoms with E-state index in [1.165, 1.54) is 53.6 Å². The Morgan fingerprint density at radius 3 is 2.09 bits per heavy atom. The maximum atomic E-state index is 2.35. The minimum Gasteiger partial charge on any atom is -0.135 e. The summed E-state index contributed by atoms with van der Waals surface area (Å²) in [5.41, 5.74) is 8.13. The van der Waals surface area contributed by atoms with Crippen LogP contribution in [0.4, 0.5) is 0 Å². The number of benzene rings is 3. The molecule has 0 aliphatic rings. The SMILES string of the molecule is Cc1ccc(-c2ccc3c(c2)sc2c(C)c(C)c(C)cc23)cc1. The first-order valence-electron chi connectivity index (χ1n) is 8.04. The van der Waals surface area contributed by atoms with Crippen LogP contribution in [0, 0.1) is 27.7 Å². The smallest absolute Gasteiger partial charge is 0.0387 e. The van der Waals surface area contributed by atoms with Crippen LogP contribution < -0.4 is 0 Å². The molecule has 0 fully saturated rings. The molecule has 1 aromatic heterocycles. The summed E-state index contributed by atoms with van der Waals surface area (Å²) in [4.78, 5) is 0. The molecule has 4 aromatic rings. The molecule has 23 heavy (non-hydrogen) atoms. The van der Waals surface area contributed by atoms with Crippen molar-refractivity contribution in [3.63, 3.8) is 0 Å². The molecule has 0 aliphatic carbocycles. The molecule has 0 bridgehead atoms. The molecular formula is C22H20S. The number of fused-ring (bicyclic) bond motifs is 3. The van der Waals surface area contributed by atoms with Crippen molar-refractivity contribution in [1.82, 2.24) is 0 Å². The molecule has 1 heteroatoms. The van der Waals surface area contributed by atoms with Gasteiger partial charge in [0, 0.05) is 20.2 Å². The molecule has 0 saturated carbocycles. The van der Waals surface area contributed by atoms with Crippen molar-refractivity contribution < 1.29 is 0 Å². The van der Waals surface area contributed by atoms with Crippen LogP contribution in [0.15, 0.2) is 48.5 Å². The van der Waals surface area contributed by atoms with Crippen molar-refractivity contribution in [2.45, 2.75) is 27.7 Å². The van der Waals surface area contributed by atoms with Gasteiger partial charge in [0.15, 0.2) is 0 Å². The van der Waals surface area contributed by atoms with E-state index in [0.717, 1.165) is 0 Å². The molecule has 0 atom stereocenters. The second kappa shape index (κ2) is 5.21. The Morgan fingerprint density at radius 2 is 1.35 bits per heavy atom. The van der Waals surface area contributed by atoms with E-state index in [1.54, 1.807) is 0 Å². The van der Waals surface area contributed by atoms with Gasteiger partial charge in [0.25, 0.3) is 0 Å². The van der Waals surface area contributed by atoms with Gasteiger partial charge in [-0.05, 0) is 67.6 Å². The van der Waals surface area contributed by atoms with Crippen LogP contribution in [0.3, 0.4) is 0 Å². The van der Waals surface area contributed by atoms with E-state index in [-0.39, 0.29) is 0 Å². The predicted molar refractivity (Wildman–Crippen MR) is 104 cm³/mol. The molecule has 0 unspecified atom stereocenters. The lowest BCUT2D eigenvalue weighted by Crippen LogP contribution is -1.85. The monoisotopic (exact) mass is 316 g/mol. The first-order chi connectivity index (χ1) is 11.0. The zero-order valence-electron chi connectivity index (χ0n) is 14.0. The third-order valence-electron chi connectivity index (χ3n) is 4.97. The molecule has 0 aliphatic heterocycles. The lowest BCUT2D eigenvalue weighted by atomic mass is 9.99. The summed E-state index contributed by atoms with van der Waals surface area (Å²) in [7, 11) is 0. The summed E-state index contributed by atoms with van der Waals surface area (Å²) in [6, 6.07) is 18.0. The zero-order valence-corrected chi connectivity index (χ0v) is 14.8. The molecule has 0 spiro atoms. The summed E-state index contributed by atoms with van der Waals surface area (Å²) in [5, 5.41) is 2.79. The molecule has 3 aromatic carbocycles. The fraction of sp³-hybridized carbons (Fsp3) is 0.182. The minimum atomic E-state index is 1.29. The second-order valence-corrected chi connectivity index (χ2v) is 7.55. The Bertz CT molecular complexity index is 1030. The summed E-state index contributed by atoms with van der Waals surface area (Å²) in [6.07, 6.45) is 0. The highest BCUT2D eigenvalue weighted by molar-refractivity contribution is 7.26. The molecule has 0 saturated heterocycles.